The van der Waals surface area contributed by atoms with E-state index in [4.69, 9.17) is 5.11 Å². The molecule has 0 atom stereocenters. The van der Waals surface area contributed by atoms with Gasteiger partial charge in [0.2, 0.25) is 5.91 Å². The molecule has 3 rings (SSSR count). The standard InChI is InChI=1S/C20H20N2O4S/c23-18(24)8-5-14-3-6-16(7-4-14)21-19(25)15-9-11-22(12-10-15)20(26)17-2-1-13-27-17/h1-8,13,15H,9-12H2,(H,21,25)(H,23,24). The van der Waals surface area contributed by atoms with Crippen LogP contribution in [-0.4, -0.2) is 40.9 Å². The molecule has 2 amide bonds. The lowest BCUT2D eigenvalue weighted by atomic mass is 9.95. The first-order valence-electron chi connectivity index (χ1n) is 8.67. The average Bonchev–Trinajstić information content (AvgIpc) is 3.21. The van der Waals surface area contributed by atoms with Gasteiger partial charge in [0, 0.05) is 30.8 Å². The van der Waals surface area contributed by atoms with E-state index in [1.807, 2.05) is 17.5 Å². The maximum Gasteiger partial charge on any atom is 0.328 e. The molecule has 2 aromatic rings. The minimum Gasteiger partial charge on any atom is -0.478 e. The molecule has 2 heterocycles. The van der Waals surface area contributed by atoms with Crippen LogP contribution in [0.2, 0.25) is 0 Å². The highest BCUT2D eigenvalue weighted by atomic mass is 32.1. The SMILES string of the molecule is O=C(O)C=Cc1ccc(NC(=O)C2CCN(C(=O)c3cccs3)CC2)cc1. The van der Waals surface area contributed by atoms with Gasteiger partial charge in [0.25, 0.3) is 5.91 Å². The van der Waals surface area contributed by atoms with Crippen LogP contribution in [-0.2, 0) is 9.59 Å². The van der Waals surface area contributed by atoms with Crippen LogP contribution in [0.25, 0.3) is 6.08 Å². The van der Waals surface area contributed by atoms with Crippen LogP contribution >= 0.6 is 11.3 Å². The van der Waals surface area contributed by atoms with Crippen LogP contribution < -0.4 is 5.32 Å². The van der Waals surface area contributed by atoms with E-state index < -0.39 is 5.97 Å². The van der Waals surface area contributed by atoms with Gasteiger partial charge in [-0.3, -0.25) is 9.59 Å². The number of carboxylic acid groups (broad SMARTS) is 1. The van der Waals surface area contributed by atoms with Crippen molar-refractivity contribution in [2.75, 3.05) is 18.4 Å². The number of carbonyl (C=O) groups is 3. The fraction of sp³-hybridized carbons (Fsp3) is 0.250. The smallest absolute Gasteiger partial charge is 0.328 e. The van der Waals surface area contributed by atoms with Gasteiger partial charge in [-0.25, -0.2) is 4.79 Å². The summed E-state index contributed by atoms with van der Waals surface area (Å²) in [5, 5.41) is 13.4. The van der Waals surface area contributed by atoms with E-state index >= 15 is 0 Å². The van der Waals surface area contributed by atoms with Crippen molar-refractivity contribution in [2.24, 2.45) is 5.92 Å². The Bertz CT molecular complexity index is 835. The summed E-state index contributed by atoms with van der Waals surface area (Å²) in [6.07, 6.45) is 3.85. The molecule has 0 aliphatic carbocycles. The van der Waals surface area contributed by atoms with E-state index in [-0.39, 0.29) is 17.7 Å². The van der Waals surface area contributed by atoms with Crippen molar-refractivity contribution in [3.05, 3.63) is 58.3 Å². The van der Waals surface area contributed by atoms with Gasteiger partial charge in [-0.1, -0.05) is 18.2 Å². The Balaban J connectivity index is 1.51. The lowest BCUT2D eigenvalue weighted by Gasteiger charge is -2.31. The number of nitrogens with zero attached hydrogens (tertiary/aromatic N) is 1. The number of likely N-dealkylation sites (tertiary alicyclic amines) is 1. The molecule has 1 aromatic heterocycles. The van der Waals surface area contributed by atoms with Crippen LogP contribution in [0.1, 0.15) is 28.1 Å². The molecule has 0 spiro atoms. The fourth-order valence-corrected chi connectivity index (χ4v) is 3.68. The van der Waals surface area contributed by atoms with Crippen molar-refractivity contribution < 1.29 is 19.5 Å². The minimum absolute atomic E-state index is 0.0360. The number of hydrogen-bond acceptors (Lipinski definition) is 4. The second-order valence-corrected chi connectivity index (χ2v) is 7.27. The van der Waals surface area contributed by atoms with Crippen LogP contribution in [0.4, 0.5) is 5.69 Å². The highest BCUT2D eigenvalue weighted by Gasteiger charge is 2.28. The minimum atomic E-state index is -1.00. The highest BCUT2D eigenvalue weighted by molar-refractivity contribution is 7.12. The number of carbonyl (C=O) groups excluding carboxylic acids is 2. The molecule has 140 valence electrons. The largest absolute Gasteiger partial charge is 0.478 e. The number of rotatable bonds is 5. The Hall–Kier alpha value is -2.93. The Kier molecular flexibility index (Phi) is 6.03. The fourth-order valence-electron chi connectivity index (χ4n) is 2.99. The first-order chi connectivity index (χ1) is 13.0. The van der Waals surface area contributed by atoms with E-state index in [2.05, 4.69) is 5.32 Å². The quantitative estimate of drug-likeness (QED) is 0.774. The van der Waals surface area contributed by atoms with Crippen LogP contribution in [0.5, 0.6) is 0 Å². The maximum atomic E-state index is 12.5. The number of nitrogens with one attached hydrogen (secondary N) is 1. The molecule has 2 N–H and O–H groups in total. The number of amides is 2. The number of anilines is 1. The van der Waals surface area contributed by atoms with Gasteiger partial charge in [0.15, 0.2) is 0 Å². The molecule has 1 saturated heterocycles. The van der Waals surface area contributed by atoms with E-state index in [0.29, 0.717) is 31.6 Å². The number of aliphatic carboxylic acids is 1. The normalized spacial score (nSPS) is 15.0. The first kappa shape index (κ1) is 18.8. The molecule has 1 aromatic carbocycles. The summed E-state index contributed by atoms with van der Waals surface area (Å²) in [5.74, 6) is -1.14. The zero-order chi connectivity index (χ0) is 19.2. The predicted octanol–water partition coefficient (Wildman–Crippen LogP) is 3.34. The average molecular weight is 384 g/mol. The van der Waals surface area contributed by atoms with Gasteiger partial charge >= 0.3 is 5.97 Å². The number of piperidine rings is 1. The second kappa shape index (κ2) is 8.64. The lowest BCUT2D eigenvalue weighted by molar-refractivity contribution is -0.131. The lowest BCUT2D eigenvalue weighted by Crippen LogP contribution is -2.41. The summed E-state index contributed by atoms with van der Waals surface area (Å²) in [7, 11) is 0. The highest BCUT2D eigenvalue weighted by Crippen LogP contribution is 2.22. The van der Waals surface area contributed by atoms with E-state index in [9.17, 15) is 14.4 Å². The molecule has 1 aliphatic rings. The Labute approximate surface area is 161 Å². The summed E-state index contributed by atoms with van der Waals surface area (Å²) in [6, 6.07) is 10.7. The monoisotopic (exact) mass is 384 g/mol. The third-order valence-electron chi connectivity index (χ3n) is 4.48. The summed E-state index contributed by atoms with van der Waals surface area (Å²) < 4.78 is 0. The number of hydrogen-bond donors (Lipinski definition) is 2. The molecular formula is C20H20N2O4S. The number of thiophene rings is 1. The summed E-state index contributed by atoms with van der Waals surface area (Å²) >= 11 is 1.43. The van der Waals surface area contributed by atoms with Crippen molar-refractivity contribution in [3.8, 4) is 0 Å². The molecule has 1 aliphatic heterocycles. The molecule has 6 nitrogen and oxygen atoms in total. The molecule has 0 radical (unpaired) electrons. The van der Waals surface area contributed by atoms with Crippen molar-refractivity contribution >= 4 is 40.9 Å². The van der Waals surface area contributed by atoms with Crippen molar-refractivity contribution in [1.29, 1.82) is 0 Å². The molecule has 7 heteroatoms. The summed E-state index contributed by atoms with van der Waals surface area (Å²) in [6.45, 7) is 1.15. The molecule has 0 unspecified atom stereocenters. The number of carboxylic acids is 1. The molecule has 27 heavy (non-hydrogen) atoms. The van der Waals surface area contributed by atoms with Gasteiger partial charge in [-0.2, -0.15) is 0 Å². The van der Waals surface area contributed by atoms with Crippen molar-refractivity contribution in [2.45, 2.75) is 12.8 Å². The van der Waals surface area contributed by atoms with E-state index in [1.54, 1.807) is 29.2 Å². The van der Waals surface area contributed by atoms with E-state index in [0.717, 1.165) is 16.5 Å². The first-order valence-corrected chi connectivity index (χ1v) is 9.55. The van der Waals surface area contributed by atoms with Crippen LogP contribution in [0.3, 0.4) is 0 Å². The van der Waals surface area contributed by atoms with Crippen molar-refractivity contribution in [1.82, 2.24) is 4.90 Å². The van der Waals surface area contributed by atoms with Crippen molar-refractivity contribution in [3.63, 3.8) is 0 Å². The molecule has 1 fully saturated rings. The van der Waals surface area contributed by atoms with Gasteiger partial charge in [0.05, 0.1) is 4.88 Å². The zero-order valence-corrected chi connectivity index (χ0v) is 15.4. The third kappa shape index (κ3) is 5.04. The Morgan fingerprint density at radius 1 is 1.11 bits per heavy atom. The van der Waals surface area contributed by atoms with Crippen LogP contribution in [0.15, 0.2) is 47.9 Å². The van der Waals surface area contributed by atoms with Gasteiger partial charge < -0.3 is 15.3 Å². The molecule has 0 bridgehead atoms. The van der Waals surface area contributed by atoms with Crippen LogP contribution in [0, 0.1) is 5.92 Å². The maximum absolute atomic E-state index is 12.5. The Morgan fingerprint density at radius 2 is 1.81 bits per heavy atom. The van der Waals surface area contributed by atoms with E-state index in [1.165, 1.54) is 17.4 Å². The molecular weight excluding hydrogens is 364 g/mol. The second-order valence-electron chi connectivity index (χ2n) is 6.33. The number of benzene rings is 1. The van der Waals surface area contributed by atoms with Gasteiger partial charge in [-0.05, 0) is 48.1 Å². The third-order valence-corrected chi connectivity index (χ3v) is 5.34. The summed E-state index contributed by atoms with van der Waals surface area (Å²) in [4.78, 5) is 37.9. The topological polar surface area (TPSA) is 86.7 Å². The summed E-state index contributed by atoms with van der Waals surface area (Å²) in [5.41, 5.74) is 1.42. The Morgan fingerprint density at radius 3 is 2.41 bits per heavy atom. The molecule has 0 saturated carbocycles. The van der Waals surface area contributed by atoms with Gasteiger partial charge in [-0.15, -0.1) is 11.3 Å². The predicted molar refractivity (Wildman–Crippen MR) is 105 cm³/mol. The van der Waals surface area contributed by atoms with Gasteiger partial charge in [0.1, 0.15) is 0 Å². The zero-order valence-electron chi connectivity index (χ0n) is 14.6.